The van der Waals surface area contributed by atoms with Gasteiger partial charge in [-0.25, -0.2) is 4.98 Å². The van der Waals surface area contributed by atoms with Crippen LogP contribution in [0.2, 0.25) is 0 Å². The number of benzene rings is 2. The summed E-state index contributed by atoms with van der Waals surface area (Å²) in [5.41, 5.74) is 3.94. The van der Waals surface area contributed by atoms with Crippen LogP contribution in [0.5, 0.6) is 0 Å². The van der Waals surface area contributed by atoms with Crippen molar-refractivity contribution in [1.29, 1.82) is 0 Å². The molecule has 3 aromatic rings. The second-order valence-corrected chi connectivity index (χ2v) is 7.80. The third kappa shape index (κ3) is 3.17. The Balaban J connectivity index is 1.87. The van der Waals surface area contributed by atoms with Gasteiger partial charge in [0, 0.05) is 12.4 Å². The van der Waals surface area contributed by atoms with Crippen molar-refractivity contribution in [2.75, 3.05) is 19.0 Å². The minimum absolute atomic E-state index is 0.00512. The Bertz CT molecular complexity index is 1010. The lowest BCUT2D eigenvalue weighted by molar-refractivity contribution is 0.189. The fraction of sp³-hybridized carbons (Fsp3) is 0.333. The van der Waals surface area contributed by atoms with Crippen LogP contribution in [0.4, 0.5) is 0 Å². The molecule has 0 saturated carbocycles. The first kappa shape index (κ1) is 17.3. The summed E-state index contributed by atoms with van der Waals surface area (Å²) >= 11 is 1.65. The van der Waals surface area contributed by atoms with Gasteiger partial charge in [0.2, 0.25) is 0 Å². The van der Waals surface area contributed by atoms with Crippen molar-refractivity contribution in [3.63, 3.8) is 0 Å². The molecule has 1 aliphatic rings. The van der Waals surface area contributed by atoms with Crippen molar-refractivity contribution in [1.82, 2.24) is 9.55 Å². The van der Waals surface area contributed by atoms with Crippen LogP contribution in [0, 0.1) is 19.8 Å². The summed E-state index contributed by atoms with van der Waals surface area (Å²) in [6, 6.07) is 13.7. The fourth-order valence-electron chi connectivity index (χ4n) is 3.31. The Hall–Kier alpha value is -2.11. The summed E-state index contributed by atoms with van der Waals surface area (Å²) < 4.78 is 7.27. The minimum Gasteiger partial charge on any atom is -0.381 e. The van der Waals surface area contributed by atoms with Crippen LogP contribution in [-0.2, 0) is 4.74 Å². The lowest BCUT2D eigenvalue weighted by Gasteiger charge is -2.17. The molecule has 134 valence electrons. The fourth-order valence-corrected chi connectivity index (χ4v) is 4.43. The van der Waals surface area contributed by atoms with Gasteiger partial charge in [-0.1, -0.05) is 36.0 Å². The van der Waals surface area contributed by atoms with Gasteiger partial charge in [-0.2, -0.15) is 0 Å². The Morgan fingerprint density at radius 2 is 2.04 bits per heavy atom. The zero-order valence-corrected chi connectivity index (χ0v) is 15.9. The van der Waals surface area contributed by atoms with Crippen LogP contribution in [0.1, 0.15) is 17.5 Å². The molecule has 1 aliphatic heterocycles. The zero-order chi connectivity index (χ0) is 18.1. The molecule has 0 aliphatic carbocycles. The van der Waals surface area contributed by atoms with E-state index in [4.69, 9.17) is 9.72 Å². The first-order valence-corrected chi connectivity index (χ1v) is 9.92. The van der Waals surface area contributed by atoms with Gasteiger partial charge in [0.1, 0.15) is 0 Å². The Morgan fingerprint density at radius 3 is 2.85 bits per heavy atom. The zero-order valence-electron chi connectivity index (χ0n) is 15.1. The van der Waals surface area contributed by atoms with Gasteiger partial charge >= 0.3 is 0 Å². The number of fused-ring (bicyclic) bond motifs is 1. The molecular formula is C21H22N2O2S. The highest BCUT2D eigenvalue weighted by Crippen LogP contribution is 2.27. The number of thioether (sulfide) groups is 1. The molecule has 0 N–H and O–H groups in total. The molecule has 5 heteroatoms. The maximum atomic E-state index is 13.3. The third-order valence-electron chi connectivity index (χ3n) is 5.03. The maximum absolute atomic E-state index is 13.3. The second-order valence-electron chi connectivity index (χ2n) is 6.81. The van der Waals surface area contributed by atoms with E-state index in [0.717, 1.165) is 47.3 Å². The van der Waals surface area contributed by atoms with Crippen LogP contribution in [0.25, 0.3) is 16.6 Å². The molecule has 4 rings (SSSR count). The first-order valence-electron chi connectivity index (χ1n) is 8.94. The van der Waals surface area contributed by atoms with E-state index in [1.807, 2.05) is 36.4 Å². The highest BCUT2D eigenvalue weighted by molar-refractivity contribution is 7.99. The van der Waals surface area contributed by atoms with E-state index in [9.17, 15) is 4.79 Å². The summed E-state index contributed by atoms with van der Waals surface area (Å²) in [5.74, 6) is 1.44. The van der Waals surface area contributed by atoms with E-state index in [2.05, 4.69) is 19.9 Å². The summed E-state index contributed by atoms with van der Waals surface area (Å²) in [6.45, 7) is 5.76. The molecule has 2 aromatic carbocycles. The highest BCUT2D eigenvalue weighted by Gasteiger charge is 2.19. The number of hydrogen-bond acceptors (Lipinski definition) is 4. The lowest BCUT2D eigenvalue weighted by Crippen LogP contribution is -2.23. The lowest BCUT2D eigenvalue weighted by atomic mass is 10.1. The smallest absolute Gasteiger partial charge is 0.266 e. The quantitative estimate of drug-likeness (QED) is 0.514. The molecule has 4 nitrogen and oxygen atoms in total. The summed E-state index contributed by atoms with van der Waals surface area (Å²) in [7, 11) is 0. The molecule has 0 spiro atoms. The molecular weight excluding hydrogens is 344 g/mol. The largest absolute Gasteiger partial charge is 0.381 e. The van der Waals surface area contributed by atoms with Gasteiger partial charge in [-0.05, 0) is 55.5 Å². The van der Waals surface area contributed by atoms with Crippen molar-refractivity contribution in [2.24, 2.45) is 5.92 Å². The van der Waals surface area contributed by atoms with Gasteiger partial charge < -0.3 is 4.74 Å². The highest BCUT2D eigenvalue weighted by atomic mass is 32.2. The molecule has 26 heavy (non-hydrogen) atoms. The number of rotatable bonds is 4. The van der Waals surface area contributed by atoms with Crippen molar-refractivity contribution < 1.29 is 4.74 Å². The molecule has 0 bridgehead atoms. The number of ether oxygens (including phenoxy) is 1. The van der Waals surface area contributed by atoms with Crippen LogP contribution in [0.15, 0.2) is 52.4 Å². The summed E-state index contributed by atoms with van der Waals surface area (Å²) in [5, 5.41) is 1.41. The molecule has 0 amide bonds. The maximum Gasteiger partial charge on any atom is 0.266 e. The number of aromatic nitrogens is 2. The summed E-state index contributed by atoms with van der Waals surface area (Å²) in [6.07, 6.45) is 1.08. The van der Waals surface area contributed by atoms with E-state index < -0.39 is 0 Å². The molecule has 1 aromatic heterocycles. The first-order chi connectivity index (χ1) is 12.6. The van der Waals surface area contributed by atoms with Crippen molar-refractivity contribution in [2.45, 2.75) is 25.4 Å². The molecule has 1 fully saturated rings. The minimum atomic E-state index is -0.00512. The number of para-hydroxylation sites is 1. The molecule has 1 unspecified atom stereocenters. The van der Waals surface area contributed by atoms with Crippen molar-refractivity contribution in [3.05, 3.63) is 63.9 Å². The van der Waals surface area contributed by atoms with Crippen LogP contribution in [-0.4, -0.2) is 28.5 Å². The van der Waals surface area contributed by atoms with Gasteiger partial charge in [0.25, 0.3) is 5.56 Å². The van der Waals surface area contributed by atoms with Crippen LogP contribution >= 0.6 is 11.8 Å². The Morgan fingerprint density at radius 1 is 1.19 bits per heavy atom. The van der Waals surface area contributed by atoms with Crippen LogP contribution in [0.3, 0.4) is 0 Å². The van der Waals surface area contributed by atoms with Crippen molar-refractivity contribution >= 4 is 22.7 Å². The average molecular weight is 366 g/mol. The van der Waals surface area contributed by atoms with Gasteiger partial charge in [-0.15, -0.1) is 0 Å². The number of hydrogen-bond donors (Lipinski definition) is 0. The predicted molar refractivity (Wildman–Crippen MR) is 106 cm³/mol. The van der Waals surface area contributed by atoms with E-state index in [0.29, 0.717) is 11.3 Å². The Labute approximate surface area is 157 Å². The standard InChI is InChI=1S/C21H22N2O2S/c1-14-6-5-9-19(15(14)2)23-20(24)17-7-3-4-8-18(17)22-21(23)26-13-16-10-11-25-12-16/h3-9,16H,10-13H2,1-2H3. The number of nitrogens with zero attached hydrogens (tertiary/aromatic N) is 2. The Kier molecular flexibility index (Phi) is 4.83. The predicted octanol–water partition coefficient (Wildman–Crippen LogP) is 4.13. The number of aryl methyl sites for hydroxylation is 1. The summed E-state index contributed by atoms with van der Waals surface area (Å²) in [4.78, 5) is 18.1. The van der Waals surface area contributed by atoms with E-state index in [-0.39, 0.29) is 5.56 Å². The SMILES string of the molecule is Cc1cccc(-n2c(SCC3CCOC3)nc3ccccc3c2=O)c1C. The molecule has 2 heterocycles. The molecule has 1 atom stereocenters. The normalized spacial score (nSPS) is 17.1. The van der Waals surface area contributed by atoms with Crippen molar-refractivity contribution in [3.8, 4) is 5.69 Å². The van der Waals surface area contributed by atoms with Gasteiger partial charge in [0.05, 0.1) is 23.2 Å². The third-order valence-corrected chi connectivity index (χ3v) is 6.20. The van der Waals surface area contributed by atoms with Gasteiger partial charge in [-0.3, -0.25) is 9.36 Å². The topological polar surface area (TPSA) is 44.1 Å². The van der Waals surface area contributed by atoms with E-state index in [1.54, 1.807) is 16.3 Å². The molecule has 1 saturated heterocycles. The molecule has 0 radical (unpaired) electrons. The van der Waals surface area contributed by atoms with E-state index >= 15 is 0 Å². The van der Waals surface area contributed by atoms with Crippen LogP contribution < -0.4 is 5.56 Å². The second kappa shape index (κ2) is 7.25. The van der Waals surface area contributed by atoms with Gasteiger partial charge in [0.15, 0.2) is 5.16 Å². The van der Waals surface area contributed by atoms with E-state index in [1.165, 1.54) is 5.56 Å². The average Bonchev–Trinajstić information content (AvgIpc) is 3.17. The monoisotopic (exact) mass is 366 g/mol.